The highest BCUT2D eigenvalue weighted by Gasteiger charge is 2.32. The molecule has 5 aromatic rings. The van der Waals surface area contributed by atoms with Gasteiger partial charge in [0.25, 0.3) is 11.5 Å². The lowest BCUT2D eigenvalue weighted by Crippen LogP contribution is -2.29. The van der Waals surface area contributed by atoms with Crippen molar-refractivity contribution in [3.8, 4) is 22.5 Å². The molecule has 0 radical (unpaired) electrons. The van der Waals surface area contributed by atoms with Gasteiger partial charge in [0.05, 0.1) is 12.4 Å². The van der Waals surface area contributed by atoms with Crippen molar-refractivity contribution < 1.29 is 9.78 Å². The second kappa shape index (κ2) is 6.98. The largest absolute Gasteiger partial charge is 0.340 e. The first-order valence-corrected chi connectivity index (χ1v) is 10.1. The SMILES string of the molecule is O=C(NC1c2ccccc2-c2c(-c3nc4cc[nH+]cc4[nH]3)cccc21)c1cc(=O)[nH]cn1. The van der Waals surface area contributed by atoms with Gasteiger partial charge in [-0.3, -0.25) is 9.59 Å². The molecule has 0 bridgehead atoms. The van der Waals surface area contributed by atoms with Crippen LogP contribution < -0.4 is 15.9 Å². The van der Waals surface area contributed by atoms with Crippen molar-refractivity contribution in [1.29, 1.82) is 0 Å². The van der Waals surface area contributed by atoms with Crippen LogP contribution in [0.2, 0.25) is 0 Å². The molecule has 0 saturated heterocycles. The Morgan fingerprint density at radius 1 is 1.03 bits per heavy atom. The maximum absolute atomic E-state index is 12.9. The Bertz CT molecular complexity index is 1540. The fraction of sp³-hybridized carbons (Fsp3) is 0.0417. The van der Waals surface area contributed by atoms with E-state index >= 15 is 0 Å². The first-order valence-electron chi connectivity index (χ1n) is 10.1. The third kappa shape index (κ3) is 2.81. The van der Waals surface area contributed by atoms with Crippen LogP contribution in [0, 0.1) is 0 Å². The predicted octanol–water partition coefficient (Wildman–Crippen LogP) is 2.63. The van der Waals surface area contributed by atoms with Crippen LogP contribution in [0.4, 0.5) is 0 Å². The van der Waals surface area contributed by atoms with Crippen LogP contribution in [0.25, 0.3) is 33.5 Å². The highest BCUT2D eigenvalue weighted by molar-refractivity contribution is 5.96. The van der Waals surface area contributed by atoms with Crippen molar-refractivity contribution in [2.45, 2.75) is 6.04 Å². The van der Waals surface area contributed by atoms with E-state index < -0.39 is 5.91 Å². The summed E-state index contributed by atoms with van der Waals surface area (Å²) in [5, 5.41) is 3.05. The maximum Gasteiger partial charge on any atom is 0.270 e. The molecule has 1 aliphatic rings. The van der Waals surface area contributed by atoms with E-state index in [4.69, 9.17) is 4.98 Å². The first kappa shape index (κ1) is 18.2. The lowest BCUT2D eigenvalue weighted by Gasteiger charge is -2.16. The van der Waals surface area contributed by atoms with Gasteiger partial charge < -0.3 is 15.3 Å². The number of rotatable bonds is 3. The zero-order valence-electron chi connectivity index (χ0n) is 16.7. The number of aromatic amines is 3. The highest BCUT2D eigenvalue weighted by atomic mass is 16.2. The highest BCUT2D eigenvalue weighted by Crippen LogP contribution is 2.47. The molecule has 0 fully saturated rings. The number of H-pyrrole nitrogens is 3. The second-order valence-electron chi connectivity index (χ2n) is 7.59. The van der Waals surface area contributed by atoms with E-state index in [-0.39, 0.29) is 17.3 Å². The standard InChI is InChI=1S/C24H16N6O2/c31-20-10-18(26-12-27-20)24(32)30-22-14-5-2-1-4-13(14)21-15(22)6-3-7-16(21)23-28-17-8-9-25-11-19(17)29-23/h1-12,22H,(H,28,29)(H,30,32)(H,26,27,31)/p+1. The molecule has 0 aliphatic heterocycles. The number of hydrogen-bond donors (Lipinski definition) is 3. The first-order chi connectivity index (χ1) is 15.7. The molecule has 1 unspecified atom stereocenters. The fourth-order valence-corrected chi connectivity index (χ4v) is 4.33. The average Bonchev–Trinajstić information content (AvgIpc) is 3.39. The summed E-state index contributed by atoms with van der Waals surface area (Å²) < 4.78 is 0. The number of imidazole rings is 1. The Kier molecular flexibility index (Phi) is 3.97. The number of carbonyl (C=O) groups is 1. The summed E-state index contributed by atoms with van der Waals surface area (Å²) in [7, 11) is 0. The molecule has 154 valence electrons. The van der Waals surface area contributed by atoms with Gasteiger partial charge in [-0.15, -0.1) is 0 Å². The summed E-state index contributed by atoms with van der Waals surface area (Å²) >= 11 is 0. The summed E-state index contributed by atoms with van der Waals surface area (Å²) in [6.45, 7) is 0. The summed E-state index contributed by atoms with van der Waals surface area (Å²) in [5.74, 6) is 0.350. The smallest absolute Gasteiger partial charge is 0.270 e. The van der Waals surface area contributed by atoms with Gasteiger partial charge in [-0.25, -0.2) is 15.0 Å². The van der Waals surface area contributed by atoms with Crippen LogP contribution in [-0.2, 0) is 0 Å². The number of pyridine rings is 1. The topological polar surface area (TPSA) is 118 Å². The molecule has 0 spiro atoms. The molecule has 6 rings (SSSR count). The van der Waals surface area contributed by atoms with E-state index in [1.54, 1.807) is 0 Å². The normalized spacial score (nSPS) is 14.2. The van der Waals surface area contributed by atoms with Crippen molar-refractivity contribution in [3.63, 3.8) is 0 Å². The zero-order chi connectivity index (χ0) is 21.7. The molecule has 8 heteroatoms. The number of benzene rings is 2. The summed E-state index contributed by atoms with van der Waals surface area (Å²) in [4.78, 5) is 42.2. The lowest BCUT2D eigenvalue weighted by atomic mass is 9.99. The van der Waals surface area contributed by atoms with Gasteiger partial charge in [0, 0.05) is 17.7 Å². The van der Waals surface area contributed by atoms with Gasteiger partial charge >= 0.3 is 0 Å². The molecule has 3 heterocycles. The molecule has 3 aromatic heterocycles. The molecule has 2 aromatic carbocycles. The van der Waals surface area contributed by atoms with Crippen LogP contribution in [0.15, 0.2) is 78.1 Å². The van der Waals surface area contributed by atoms with Crippen molar-refractivity contribution in [2.75, 3.05) is 0 Å². The number of aromatic nitrogens is 5. The zero-order valence-corrected chi connectivity index (χ0v) is 16.7. The Hall–Kier alpha value is -4.59. The molecule has 1 aliphatic carbocycles. The molecule has 32 heavy (non-hydrogen) atoms. The lowest BCUT2D eigenvalue weighted by molar-refractivity contribution is -0.376. The molecule has 1 amide bonds. The minimum absolute atomic E-state index is 0.0735. The molecular formula is C24H17N6O2+. The number of nitrogens with zero attached hydrogens (tertiary/aromatic N) is 2. The van der Waals surface area contributed by atoms with Crippen LogP contribution in [-0.4, -0.2) is 25.8 Å². The number of fused-ring (bicyclic) bond motifs is 4. The quantitative estimate of drug-likeness (QED) is 0.415. The molecule has 8 nitrogen and oxygen atoms in total. The Morgan fingerprint density at radius 3 is 2.75 bits per heavy atom. The van der Waals surface area contributed by atoms with Gasteiger partial charge in [0.15, 0.2) is 12.4 Å². The minimum Gasteiger partial charge on any atom is -0.340 e. The maximum atomic E-state index is 12.9. The Balaban J connectivity index is 1.49. The third-order valence-corrected chi connectivity index (χ3v) is 5.72. The van der Waals surface area contributed by atoms with Crippen molar-refractivity contribution in [2.24, 2.45) is 0 Å². The van der Waals surface area contributed by atoms with Crippen LogP contribution in [0.1, 0.15) is 27.7 Å². The van der Waals surface area contributed by atoms with Gasteiger partial charge in [-0.05, 0) is 22.3 Å². The van der Waals surface area contributed by atoms with E-state index in [0.29, 0.717) is 0 Å². The molecular weight excluding hydrogens is 404 g/mol. The van der Waals surface area contributed by atoms with Gasteiger partial charge in [0.2, 0.25) is 0 Å². The van der Waals surface area contributed by atoms with Crippen molar-refractivity contribution in [1.82, 2.24) is 25.3 Å². The number of hydrogen-bond acceptors (Lipinski definition) is 4. The van der Waals surface area contributed by atoms with Crippen LogP contribution >= 0.6 is 0 Å². The molecule has 4 N–H and O–H groups in total. The number of carbonyl (C=O) groups excluding carboxylic acids is 1. The van der Waals surface area contributed by atoms with E-state index in [9.17, 15) is 9.59 Å². The average molecular weight is 421 g/mol. The van der Waals surface area contributed by atoms with E-state index in [2.05, 4.69) is 25.3 Å². The van der Waals surface area contributed by atoms with Gasteiger partial charge in [0.1, 0.15) is 22.6 Å². The Morgan fingerprint density at radius 2 is 1.88 bits per heavy atom. The van der Waals surface area contributed by atoms with Crippen molar-refractivity contribution in [3.05, 3.63) is 100 Å². The second-order valence-corrected chi connectivity index (χ2v) is 7.59. The number of nitrogens with one attached hydrogen (secondary N) is 4. The van der Waals surface area contributed by atoms with Gasteiger partial charge in [-0.2, -0.15) is 0 Å². The van der Waals surface area contributed by atoms with Crippen LogP contribution in [0.5, 0.6) is 0 Å². The number of amides is 1. The van der Waals surface area contributed by atoms with E-state index in [1.165, 1.54) is 12.4 Å². The van der Waals surface area contributed by atoms with Crippen LogP contribution in [0.3, 0.4) is 0 Å². The summed E-state index contributed by atoms with van der Waals surface area (Å²) in [6, 6.07) is 16.7. The molecule has 1 atom stereocenters. The third-order valence-electron chi connectivity index (χ3n) is 5.72. The molecule has 0 saturated carbocycles. The minimum atomic E-state index is -0.409. The summed E-state index contributed by atoms with van der Waals surface area (Å²) in [6.07, 6.45) is 4.94. The predicted molar refractivity (Wildman–Crippen MR) is 118 cm³/mol. The van der Waals surface area contributed by atoms with Crippen molar-refractivity contribution >= 4 is 16.9 Å². The van der Waals surface area contributed by atoms with Gasteiger partial charge in [-0.1, -0.05) is 42.5 Å². The monoisotopic (exact) mass is 421 g/mol. The van der Waals surface area contributed by atoms with E-state index in [0.717, 1.165) is 44.7 Å². The Labute approximate surface area is 181 Å². The fourth-order valence-electron chi connectivity index (χ4n) is 4.33. The summed E-state index contributed by atoms with van der Waals surface area (Å²) in [5.41, 5.74) is 6.45. The van der Waals surface area contributed by atoms with E-state index in [1.807, 2.05) is 60.9 Å².